The van der Waals surface area contributed by atoms with Crippen LogP contribution in [0.25, 0.3) is 11.0 Å². The van der Waals surface area contributed by atoms with Gasteiger partial charge in [0.1, 0.15) is 17.9 Å². The van der Waals surface area contributed by atoms with Gasteiger partial charge >= 0.3 is 11.6 Å². The van der Waals surface area contributed by atoms with Crippen molar-refractivity contribution in [2.24, 2.45) is 0 Å². The Bertz CT molecular complexity index is 1000. The Morgan fingerprint density at radius 3 is 2.59 bits per heavy atom. The van der Waals surface area contributed by atoms with Crippen LogP contribution in [0, 0.1) is 0 Å². The van der Waals surface area contributed by atoms with Gasteiger partial charge in [-0.05, 0) is 29.5 Å². The van der Waals surface area contributed by atoms with E-state index in [0.29, 0.717) is 17.4 Å². The zero-order valence-electron chi connectivity index (χ0n) is 15.4. The first-order chi connectivity index (χ1) is 13.0. The van der Waals surface area contributed by atoms with E-state index in [1.807, 2.05) is 44.2 Å². The maximum atomic E-state index is 12.2. The van der Waals surface area contributed by atoms with E-state index >= 15 is 0 Å². The van der Waals surface area contributed by atoms with Gasteiger partial charge in [0.15, 0.2) is 0 Å². The van der Waals surface area contributed by atoms with E-state index in [0.717, 1.165) is 11.1 Å². The minimum absolute atomic E-state index is 0.0175. The van der Waals surface area contributed by atoms with Gasteiger partial charge in [0.05, 0.1) is 6.42 Å². The molecule has 1 aromatic heterocycles. The molecule has 0 aliphatic heterocycles. The molecule has 5 nitrogen and oxygen atoms in total. The first kappa shape index (κ1) is 18.7. The highest BCUT2D eigenvalue weighted by molar-refractivity contribution is 5.83. The van der Waals surface area contributed by atoms with Gasteiger partial charge in [-0.2, -0.15) is 0 Å². The molecule has 3 rings (SSSR count). The standard InChI is InChI=1S/C22H22O5/c1-3-15-10-18-17(11-22(25)27-20(18)12-19(15)23)13-26-21(24)9-14(2)16-7-5-4-6-8-16/h4-8,10-12,14,23H,3,9,13H2,1-2H3/t14-/m0/s1. The number of rotatable bonds is 6. The topological polar surface area (TPSA) is 76.7 Å². The molecule has 0 unspecified atom stereocenters. The number of benzene rings is 2. The largest absolute Gasteiger partial charge is 0.508 e. The summed E-state index contributed by atoms with van der Waals surface area (Å²) >= 11 is 0. The average molecular weight is 366 g/mol. The molecule has 1 heterocycles. The molecule has 2 aromatic carbocycles. The van der Waals surface area contributed by atoms with Crippen LogP contribution < -0.4 is 5.63 Å². The quantitative estimate of drug-likeness (QED) is 0.520. The summed E-state index contributed by atoms with van der Waals surface area (Å²) in [6.45, 7) is 3.88. The molecule has 0 bridgehead atoms. The van der Waals surface area contributed by atoms with Crippen LogP contribution in [0.4, 0.5) is 0 Å². The van der Waals surface area contributed by atoms with Crippen molar-refractivity contribution in [1.82, 2.24) is 0 Å². The molecule has 5 heteroatoms. The maximum absolute atomic E-state index is 12.2. The molecule has 0 fully saturated rings. The summed E-state index contributed by atoms with van der Waals surface area (Å²) in [6, 6.07) is 14.3. The number of aryl methyl sites for hydroxylation is 1. The number of carbonyl (C=O) groups excluding carboxylic acids is 1. The van der Waals surface area contributed by atoms with Crippen LogP contribution in [-0.2, 0) is 22.6 Å². The van der Waals surface area contributed by atoms with E-state index < -0.39 is 5.63 Å². The summed E-state index contributed by atoms with van der Waals surface area (Å²) in [7, 11) is 0. The maximum Gasteiger partial charge on any atom is 0.336 e. The van der Waals surface area contributed by atoms with Gasteiger partial charge in [-0.1, -0.05) is 44.2 Å². The molecular formula is C22H22O5. The van der Waals surface area contributed by atoms with Crippen molar-refractivity contribution in [2.75, 3.05) is 0 Å². The van der Waals surface area contributed by atoms with Gasteiger partial charge in [-0.15, -0.1) is 0 Å². The predicted octanol–water partition coefficient (Wildman–Crippen LogP) is 4.30. The lowest BCUT2D eigenvalue weighted by Crippen LogP contribution is -2.10. The Labute approximate surface area is 157 Å². The van der Waals surface area contributed by atoms with Crippen LogP contribution in [0.5, 0.6) is 5.75 Å². The first-order valence-electron chi connectivity index (χ1n) is 8.97. The minimum atomic E-state index is -0.546. The Hall–Kier alpha value is -3.08. The van der Waals surface area contributed by atoms with Crippen molar-refractivity contribution in [3.63, 3.8) is 0 Å². The zero-order chi connectivity index (χ0) is 19.4. The third kappa shape index (κ3) is 4.37. The Kier molecular flexibility index (Phi) is 5.60. The van der Waals surface area contributed by atoms with Crippen molar-refractivity contribution >= 4 is 16.9 Å². The average Bonchev–Trinajstić information content (AvgIpc) is 2.66. The third-order valence-corrected chi connectivity index (χ3v) is 4.64. The highest BCUT2D eigenvalue weighted by Gasteiger charge is 2.15. The van der Waals surface area contributed by atoms with Crippen molar-refractivity contribution < 1.29 is 19.1 Å². The summed E-state index contributed by atoms with van der Waals surface area (Å²) in [5, 5.41) is 10.6. The molecule has 1 N–H and O–H groups in total. The van der Waals surface area contributed by atoms with Gasteiger partial charge < -0.3 is 14.3 Å². The summed E-state index contributed by atoms with van der Waals surface area (Å²) in [5.74, 6) is -0.207. The molecule has 0 aliphatic carbocycles. The number of esters is 1. The van der Waals surface area contributed by atoms with Crippen LogP contribution in [0.1, 0.15) is 42.9 Å². The fourth-order valence-electron chi connectivity index (χ4n) is 3.08. The number of hydrogen-bond donors (Lipinski definition) is 1. The molecule has 3 aromatic rings. The number of fused-ring (bicyclic) bond motifs is 1. The fraction of sp³-hybridized carbons (Fsp3) is 0.273. The van der Waals surface area contributed by atoms with E-state index in [4.69, 9.17) is 9.15 Å². The highest BCUT2D eigenvalue weighted by atomic mass is 16.5. The molecule has 0 radical (unpaired) electrons. The van der Waals surface area contributed by atoms with E-state index in [9.17, 15) is 14.7 Å². The van der Waals surface area contributed by atoms with Gasteiger partial charge in [0.2, 0.25) is 0 Å². The van der Waals surface area contributed by atoms with Gasteiger partial charge in [-0.3, -0.25) is 4.79 Å². The summed E-state index contributed by atoms with van der Waals surface area (Å²) in [5.41, 5.74) is 2.11. The second-order valence-corrected chi connectivity index (χ2v) is 6.60. The number of hydrogen-bond acceptors (Lipinski definition) is 5. The summed E-state index contributed by atoms with van der Waals surface area (Å²) in [6.07, 6.45) is 0.888. The highest BCUT2D eigenvalue weighted by Crippen LogP contribution is 2.27. The second-order valence-electron chi connectivity index (χ2n) is 6.60. The minimum Gasteiger partial charge on any atom is -0.508 e. The van der Waals surface area contributed by atoms with Crippen LogP contribution in [0.3, 0.4) is 0 Å². The lowest BCUT2D eigenvalue weighted by Gasteiger charge is -2.12. The monoisotopic (exact) mass is 366 g/mol. The Balaban J connectivity index is 1.76. The number of phenolic OH excluding ortho intramolecular Hbond substituents is 1. The fourth-order valence-corrected chi connectivity index (χ4v) is 3.08. The molecule has 0 saturated carbocycles. The van der Waals surface area contributed by atoms with Crippen molar-refractivity contribution in [3.05, 3.63) is 75.6 Å². The van der Waals surface area contributed by atoms with Gasteiger partial charge in [-0.25, -0.2) is 4.79 Å². The van der Waals surface area contributed by atoms with E-state index in [1.165, 1.54) is 12.1 Å². The summed E-state index contributed by atoms with van der Waals surface area (Å²) in [4.78, 5) is 24.0. The van der Waals surface area contributed by atoms with E-state index in [-0.39, 0.29) is 36.2 Å². The molecule has 0 aliphatic rings. The molecule has 27 heavy (non-hydrogen) atoms. The van der Waals surface area contributed by atoms with Crippen LogP contribution in [-0.4, -0.2) is 11.1 Å². The van der Waals surface area contributed by atoms with Gasteiger partial charge in [0, 0.05) is 23.1 Å². The second kappa shape index (κ2) is 8.08. The van der Waals surface area contributed by atoms with Crippen molar-refractivity contribution in [3.8, 4) is 5.75 Å². The SMILES string of the molecule is CCc1cc2c(COC(=O)C[C@H](C)c3ccccc3)cc(=O)oc2cc1O. The smallest absolute Gasteiger partial charge is 0.336 e. The van der Waals surface area contributed by atoms with Crippen molar-refractivity contribution in [1.29, 1.82) is 0 Å². The summed E-state index contributed by atoms with van der Waals surface area (Å²) < 4.78 is 10.6. The lowest BCUT2D eigenvalue weighted by atomic mass is 9.98. The number of ether oxygens (including phenoxy) is 1. The van der Waals surface area contributed by atoms with E-state index in [1.54, 1.807) is 6.07 Å². The first-order valence-corrected chi connectivity index (χ1v) is 8.97. The molecule has 0 amide bonds. The number of carbonyl (C=O) groups is 1. The molecule has 140 valence electrons. The molecule has 1 atom stereocenters. The normalized spacial score (nSPS) is 12.1. The van der Waals surface area contributed by atoms with Crippen molar-refractivity contribution in [2.45, 2.75) is 39.2 Å². The molecule has 0 saturated heterocycles. The zero-order valence-corrected chi connectivity index (χ0v) is 15.4. The lowest BCUT2D eigenvalue weighted by molar-refractivity contribution is -0.145. The number of aromatic hydroxyl groups is 1. The van der Waals surface area contributed by atoms with E-state index in [2.05, 4.69) is 0 Å². The van der Waals surface area contributed by atoms with Crippen LogP contribution >= 0.6 is 0 Å². The van der Waals surface area contributed by atoms with Crippen LogP contribution in [0.2, 0.25) is 0 Å². The third-order valence-electron chi connectivity index (χ3n) is 4.64. The predicted molar refractivity (Wildman–Crippen MR) is 103 cm³/mol. The Morgan fingerprint density at radius 1 is 1.15 bits per heavy atom. The molecular weight excluding hydrogens is 344 g/mol. The molecule has 0 spiro atoms. The number of phenols is 1. The Morgan fingerprint density at radius 2 is 1.89 bits per heavy atom. The van der Waals surface area contributed by atoms with Gasteiger partial charge in [0.25, 0.3) is 0 Å². The van der Waals surface area contributed by atoms with Crippen LogP contribution in [0.15, 0.2) is 57.7 Å².